The Morgan fingerprint density at radius 1 is 1.35 bits per heavy atom. The van der Waals surface area contributed by atoms with Crippen molar-refractivity contribution < 1.29 is 18.8 Å². The zero-order chi connectivity index (χ0) is 13.8. The maximum absolute atomic E-state index is 12.0. The van der Waals surface area contributed by atoms with Crippen molar-refractivity contribution in [2.45, 2.75) is 12.5 Å². The molecule has 6 nitrogen and oxygen atoms in total. The lowest BCUT2D eigenvalue weighted by molar-refractivity contribution is 0.101. The van der Waals surface area contributed by atoms with Gasteiger partial charge >= 0.3 is 0 Å². The molecule has 0 aliphatic carbocycles. The third-order valence-electron chi connectivity index (χ3n) is 2.99. The van der Waals surface area contributed by atoms with Crippen molar-refractivity contribution >= 4 is 11.6 Å². The first-order chi connectivity index (χ1) is 9.83. The first-order valence-corrected chi connectivity index (χ1v) is 6.38. The number of rotatable bonds is 4. The van der Waals surface area contributed by atoms with E-state index in [-0.39, 0.29) is 17.7 Å². The number of ether oxygens (including phenoxy) is 2. The largest absolute Gasteiger partial charge is 0.486 e. The van der Waals surface area contributed by atoms with Crippen molar-refractivity contribution in [2.75, 3.05) is 18.5 Å². The maximum Gasteiger partial charge on any atom is 0.277 e. The number of hydrogen-bond acceptors (Lipinski definition) is 5. The number of hydrogen-bond donors (Lipinski definition) is 1. The highest BCUT2D eigenvalue weighted by Gasteiger charge is 2.19. The standard InChI is InChI=1S/C14H14N2O4/c17-14(12-6-8-19-16-12)15-11-3-1-2-4-13(11)20-10-5-7-18-9-10/h1-4,6,8,10H,5,7,9H2,(H,15,17). The Labute approximate surface area is 115 Å². The van der Waals surface area contributed by atoms with Gasteiger partial charge in [-0.05, 0) is 12.1 Å². The van der Waals surface area contributed by atoms with Gasteiger partial charge in [0.2, 0.25) is 0 Å². The molecule has 20 heavy (non-hydrogen) atoms. The number of anilines is 1. The van der Waals surface area contributed by atoms with Gasteiger partial charge in [0.15, 0.2) is 5.69 Å². The smallest absolute Gasteiger partial charge is 0.277 e. The average Bonchev–Trinajstić information content (AvgIpc) is 3.13. The Morgan fingerprint density at radius 2 is 2.25 bits per heavy atom. The summed E-state index contributed by atoms with van der Waals surface area (Å²) < 4.78 is 15.8. The summed E-state index contributed by atoms with van der Waals surface area (Å²) in [5.41, 5.74) is 0.830. The second-order valence-electron chi connectivity index (χ2n) is 4.44. The van der Waals surface area contributed by atoms with Crippen molar-refractivity contribution in [3.63, 3.8) is 0 Å². The normalized spacial score (nSPS) is 17.9. The van der Waals surface area contributed by atoms with Crippen molar-refractivity contribution in [3.8, 4) is 5.75 Å². The number of para-hydroxylation sites is 2. The molecular formula is C14H14N2O4. The monoisotopic (exact) mass is 274 g/mol. The number of carbonyl (C=O) groups is 1. The summed E-state index contributed by atoms with van der Waals surface area (Å²) >= 11 is 0. The Morgan fingerprint density at radius 3 is 3.00 bits per heavy atom. The maximum atomic E-state index is 12.0. The number of amides is 1. The number of benzene rings is 1. The predicted molar refractivity (Wildman–Crippen MR) is 70.8 cm³/mol. The molecule has 3 rings (SSSR count). The van der Waals surface area contributed by atoms with Gasteiger partial charge in [0.05, 0.1) is 18.9 Å². The summed E-state index contributed by atoms with van der Waals surface area (Å²) in [6.07, 6.45) is 2.23. The van der Waals surface area contributed by atoms with Crippen LogP contribution >= 0.6 is 0 Å². The summed E-state index contributed by atoms with van der Waals surface area (Å²) in [5.74, 6) is 0.289. The van der Waals surface area contributed by atoms with E-state index in [0.29, 0.717) is 24.7 Å². The van der Waals surface area contributed by atoms with Crippen LogP contribution in [0.2, 0.25) is 0 Å². The van der Waals surface area contributed by atoms with E-state index in [2.05, 4.69) is 15.0 Å². The molecule has 1 unspecified atom stereocenters. The van der Waals surface area contributed by atoms with Crippen LogP contribution in [0.5, 0.6) is 5.75 Å². The molecule has 104 valence electrons. The molecule has 0 saturated carbocycles. The molecule has 1 atom stereocenters. The van der Waals surface area contributed by atoms with E-state index in [1.807, 2.05) is 18.2 Å². The zero-order valence-corrected chi connectivity index (χ0v) is 10.7. The van der Waals surface area contributed by atoms with E-state index in [9.17, 15) is 4.79 Å². The molecule has 1 aromatic carbocycles. The van der Waals surface area contributed by atoms with Crippen molar-refractivity contribution in [1.29, 1.82) is 0 Å². The number of carbonyl (C=O) groups excluding carboxylic acids is 1. The second kappa shape index (κ2) is 5.75. The highest BCUT2D eigenvalue weighted by atomic mass is 16.5. The Bertz CT molecular complexity index is 577. The molecule has 0 radical (unpaired) electrons. The Hall–Kier alpha value is -2.34. The van der Waals surface area contributed by atoms with E-state index in [1.165, 1.54) is 12.3 Å². The quantitative estimate of drug-likeness (QED) is 0.924. The highest BCUT2D eigenvalue weighted by Crippen LogP contribution is 2.26. The first kappa shape index (κ1) is 12.7. The van der Waals surface area contributed by atoms with Crippen LogP contribution in [0.4, 0.5) is 5.69 Å². The van der Waals surface area contributed by atoms with E-state index in [4.69, 9.17) is 9.47 Å². The predicted octanol–water partition coefficient (Wildman–Crippen LogP) is 2.09. The summed E-state index contributed by atoms with van der Waals surface area (Å²) in [7, 11) is 0. The molecule has 1 N–H and O–H groups in total. The van der Waals surface area contributed by atoms with Gasteiger partial charge in [0.1, 0.15) is 18.1 Å². The third kappa shape index (κ3) is 2.80. The van der Waals surface area contributed by atoms with Crippen molar-refractivity contribution in [2.24, 2.45) is 0 Å². The molecule has 1 aliphatic heterocycles. The van der Waals surface area contributed by atoms with Crippen LogP contribution < -0.4 is 10.1 Å². The number of nitrogens with zero attached hydrogens (tertiary/aromatic N) is 1. The molecule has 1 amide bonds. The van der Waals surface area contributed by atoms with E-state index < -0.39 is 0 Å². The van der Waals surface area contributed by atoms with Crippen LogP contribution in [-0.2, 0) is 4.74 Å². The second-order valence-corrected chi connectivity index (χ2v) is 4.44. The van der Waals surface area contributed by atoms with E-state index >= 15 is 0 Å². The lowest BCUT2D eigenvalue weighted by atomic mass is 10.2. The summed E-state index contributed by atoms with van der Waals surface area (Å²) in [6, 6.07) is 8.79. The van der Waals surface area contributed by atoms with Gasteiger partial charge in [-0.15, -0.1) is 0 Å². The molecule has 1 fully saturated rings. The lowest BCUT2D eigenvalue weighted by Crippen LogP contribution is -2.18. The van der Waals surface area contributed by atoms with Crippen LogP contribution in [0.1, 0.15) is 16.9 Å². The van der Waals surface area contributed by atoms with Crippen LogP contribution in [0.3, 0.4) is 0 Å². The van der Waals surface area contributed by atoms with Gasteiger partial charge in [-0.25, -0.2) is 0 Å². The first-order valence-electron chi connectivity index (χ1n) is 6.38. The van der Waals surface area contributed by atoms with Gasteiger partial charge in [0.25, 0.3) is 5.91 Å². The van der Waals surface area contributed by atoms with Crippen LogP contribution in [0.25, 0.3) is 0 Å². The molecule has 2 aromatic rings. The van der Waals surface area contributed by atoms with Crippen molar-refractivity contribution in [1.82, 2.24) is 5.16 Å². The van der Waals surface area contributed by atoms with Crippen LogP contribution in [0.15, 0.2) is 41.1 Å². The fraction of sp³-hybridized carbons (Fsp3) is 0.286. The van der Waals surface area contributed by atoms with E-state index in [1.54, 1.807) is 6.07 Å². The summed E-state index contributed by atoms with van der Waals surface area (Å²) in [4.78, 5) is 12.0. The van der Waals surface area contributed by atoms with Crippen molar-refractivity contribution in [3.05, 3.63) is 42.3 Å². The lowest BCUT2D eigenvalue weighted by Gasteiger charge is -2.15. The molecule has 0 bridgehead atoms. The Balaban J connectivity index is 1.73. The van der Waals surface area contributed by atoms with Gasteiger partial charge < -0.3 is 19.3 Å². The third-order valence-corrected chi connectivity index (χ3v) is 2.99. The average molecular weight is 274 g/mol. The SMILES string of the molecule is O=C(Nc1ccccc1OC1CCOC1)c1ccon1. The topological polar surface area (TPSA) is 73.6 Å². The minimum atomic E-state index is -0.336. The number of aromatic nitrogens is 1. The highest BCUT2D eigenvalue weighted by molar-refractivity contribution is 6.03. The molecule has 1 saturated heterocycles. The van der Waals surface area contributed by atoms with Crippen LogP contribution in [0, 0.1) is 0 Å². The van der Waals surface area contributed by atoms with Gasteiger partial charge in [-0.1, -0.05) is 17.3 Å². The summed E-state index contributed by atoms with van der Waals surface area (Å²) in [6.45, 7) is 1.28. The van der Waals surface area contributed by atoms with E-state index in [0.717, 1.165) is 6.42 Å². The number of nitrogens with one attached hydrogen (secondary N) is 1. The minimum Gasteiger partial charge on any atom is -0.486 e. The van der Waals surface area contributed by atoms with Crippen LogP contribution in [-0.4, -0.2) is 30.4 Å². The molecule has 6 heteroatoms. The molecule has 0 spiro atoms. The molecular weight excluding hydrogens is 260 g/mol. The molecule has 1 aliphatic rings. The van der Waals surface area contributed by atoms with Gasteiger partial charge in [0, 0.05) is 12.5 Å². The summed E-state index contributed by atoms with van der Waals surface area (Å²) in [5, 5.41) is 6.36. The fourth-order valence-corrected chi connectivity index (χ4v) is 1.97. The molecule has 2 heterocycles. The van der Waals surface area contributed by atoms with Gasteiger partial charge in [-0.3, -0.25) is 4.79 Å². The fourth-order valence-electron chi connectivity index (χ4n) is 1.97. The van der Waals surface area contributed by atoms with Gasteiger partial charge in [-0.2, -0.15) is 0 Å². The molecule has 1 aromatic heterocycles. The minimum absolute atomic E-state index is 0.0279. The zero-order valence-electron chi connectivity index (χ0n) is 10.7. The Kier molecular flexibility index (Phi) is 3.64.